The van der Waals surface area contributed by atoms with Gasteiger partial charge in [-0.2, -0.15) is 9.61 Å². The number of nitrogens with zero attached hydrogens (tertiary/aromatic N) is 6. The normalized spacial score (nSPS) is 24.8. The van der Waals surface area contributed by atoms with Gasteiger partial charge in [-0.05, 0) is 74.8 Å². The largest absolute Gasteiger partial charge is 0.382 e. The third-order valence-corrected chi connectivity index (χ3v) is 10.9. The predicted molar refractivity (Wildman–Crippen MR) is 173 cm³/mol. The lowest BCUT2D eigenvalue weighted by atomic mass is 9.76. The average molecular weight is 645 g/mol. The summed E-state index contributed by atoms with van der Waals surface area (Å²) in [7, 11) is -3.77. The van der Waals surface area contributed by atoms with Crippen molar-refractivity contribution in [3.63, 3.8) is 0 Å². The third-order valence-electron chi connectivity index (χ3n) is 9.76. The first-order chi connectivity index (χ1) is 22.1. The molecule has 0 saturated carbocycles. The number of aromatic nitrogens is 4. The summed E-state index contributed by atoms with van der Waals surface area (Å²) < 4.78 is 41.3. The van der Waals surface area contributed by atoms with Crippen LogP contribution in [0.25, 0.3) is 28.0 Å². The van der Waals surface area contributed by atoms with Crippen LogP contribution >= 0.6 is 0 Å². The number of aliphatic imine (C=N–C) groups is 1. The number of pyridine rings is 1. The first-order valence-electron chi connectivity index (χ1n) is 15.8. The van der Waals surface area contributed by atoms with E-state index < -0.39 is 9.84 Å². The van der Waals surface area contributed by atoms with E-state index in [4.69, 9.17) is 10.7 Å². The van der Waals surface area contributed by atoms with Gasteiger partial charge in [0.05, 0.1) is 23.9 Å². The molecule has 2 bridgehead atoms. The molecule has 1 amide bonds. The Labute approximate surface area is 267 Å². The summed E-state index contributed by atoms with van der Waals surface area (Å²) in [6.45, 7) is 2.78. The minimum atomic E-state index is -3.77. The van der Waals surface area contributed by atoms with Gasteiger partial charge in [-0.1, -0.05) is 13.0 Å². The van der Waals surface area contributed by atoms with Gasteiger partial charge in [0, 0.05) is 53.7 Å². The van der Waals surface area contributed by atoms with Gasteiger partial charge < -0.3 is 16.0 Å². The molecule has 3 aliphatic rings. The molecule has 7 rings (SSSR count). The van der Waals surface area contributed by atoms with Crippen LogP contribution in [0.2, 0.25) is 0 Å². The minimum absolute atomic E-state index is 0.00227. The van der Waals surface area contributed by atoms with Gasteiger partial charge in [-0.15, -0.1) is 0 Å². The van der Waals surface area contributed by atoms with E-state index in [0.29, 0.717) is 42.0 Å². The van der Waals surface area contributed by atoms with Crippen molar-refractivity contribution in [2.45, 2.75) is 74.4 Å². The molecule has 4 unspecified atom stereocenters. The Morgan fingerprint density at radius 1 is 1.02 bits per heavy atom. The van der Waals surface area contributed by atoms with Crippen molar-refractivity contribution in [1.29, 1.82) is 0 Å². The van der Waals surface area contributed by atoms with E-state index in [2.05, 4.69) is 32.2 Å². The number of fused-ring (bicyclic) bond motifs is 3. The standard InChI is InChI=1S/C33H37FN8O3S/c1-19-12-13-36-18-38-28(19)33(43)41-24-4-3-5-25(41)15-22(14-24)29-30(46(2,44)45)31(35)42-32(40-29)26(17-39-42)21-8-11-27(37-16-21)20-6-9-23(34)10-7-20/h6-11,16-19,22,24-25,28H,3-5,12-15,35H2,1-2H3,(H,36,38). The number of nitrogen functional groups attached to an aromatic ring is 1. The Morgan fingerprint density at radius 3 is 2.41 bits per heavy atom. The SMILES string of the molecule is CC1CCN=CNC1C(=O)N1C2CCCC1CC(c1nc3c(-c4ccc(-c5ccc(F)cc5)nc4)cnn3c(N)c1S(C)(=O)=O)C2. The molecule has 3 aromatic heterocycles. The van der Waals surface area contributed by atoms with E-state index >= 15 is 0 Å². The van der Waals surface area contributed by atoms with Crippen molar-refractivity contribution in [1.82, 2.24) is 29.8 Å². The van der Waals surface area contributed by atoms with Crippen LogP contribution in [0.5, 0.6) is 0 Å². The number of nitrogens with one attached hydrogen (secondary N) is 1. The second-order valence-electron chi connectivity index (χ2n) is 12.8. The van der Waals surface area contributed by atoms with E-state index in [0.717, 1.165) is 43.1 Å². The zero-order valence-corrected chi connectivity index (χ0v) is 26.6. The fraction of sp³-hybridized carbons (Fsp3) is 0.424. The molecule has 13 heteroatoms. The Hall–Kier alpha value is -4.39. The minimum Gasteiger partial charge on any atom is -0.382 e. The summed E-state index contributed by atoms with van der Waals surface area (Å²) in [5, 5.41) is 7.66. The van der Waals surface area contributed by atoms with Crippen LogP contribution in [0.3, 0.4) is 0 Å². The number of benzene rings is 1. The monoisotopic (exact) mass is 644 g/mol. The number of nitrogens with two attached hydrogens (primary N) is 1. The van der Waals surface area contributed by atoms with Gasteiger partial charge in [0.2, 0.25) is 5.91 Å². The first-order valence-corrected chi connectivity index (χ1v) is 17.7. The maximum atomic E-state index is 14.0. The molecule has 0 aliphatic carbocycles. The lowest BCUT2D eigenvalue weighted by Crippen LogP contribution is -2.60. The van der Waals surface area contributed by atoms with Crippen LogP contribution < -0.4 is 11.1 Å². The van der Waals surface area contributed by atoms with Crippen LogP contribution in [0.15, 0.2) is 58.7 Å². The van der Waals surface area contributed by atoms with Crippen molar-refractivity contribution >= 4 is 33.5 Å². The van der Waals surface area contributed by atoms with Crippen LogP contribution in [0.1, 0.15) is 57.1 Å². The maximum Gasteiger partial charge on any atom is 0.245 e. The summed E-state index contributed by atoms with van der Waals surface area (Å²) in [6.07, 6.45) is 10.9. The lowest BCUT2D eigenvalue weighted by Gasteiger charge is -2.50. The summed E-state index contributed by atoms with van der Waals surface area (Å²) in [6, 6.07) is 9.45. The molecule has 11 nitrogen and oxygen atoms in total. The van der Waals surface area contributed by atoms with Crippen LogP contribution in [0.4, 0.5) is 10.2 Å². The predicted octanol–water partition coefficient (Wildman–Crippen LogP) is 4.24. The smallest absolute Gasteiger partial charge is 0.245 e. The van der Waals surface area contributed by atoms with Gasteiger partial charge in [0.15, 0.2) is 15.5 Å². The van der Waals surface area contributed by atoms with Crippen molar-refractivity contribution < 1.29 is 17.6 Å². The number of carbonyl (C=O) groups excluding carboxylic acids is 1. The highest BCUT2D eigenvalue weighted by atomic mass is 32.2. The molecule has 4 atom stereocenters. The van der Waals surface area contributed by atoms with Crippen LogP contribution in [-0.4, -0.2) is 76.1 Å². The Morgan fingerprint density at radius 2 is 1.74 bits per heavy atom. The van der Waals surface area contributed by atoms with Gasteiger partial charge >= 0.3 is 0 Å². The van der Waals surface area contributed by atoms with Crippen molar-refractivity contribution in [3.8, 4) is 22.4 Å². The summed E-state index contributed by atoms with van der Waals surface area (Å²) >= 11 is 0. The number of hydrogen-bond acceptors (Lipinski definition) is 9. The first kappa shape index (κ1) is 30.3. The molecule has 46 heavy (non-hydrogen) atoms. The molecule has 1 aromatic carbocycles. The highest BCUT2D eigenvalue weighted by Gasteiger charge is 2.45. The fourth-order valence-corrected chi connectivity index (χ4v) is 8.53. The number of piperidine rings is 2. The number of hydrogen-bond donors (Lipinski definition) is 2. The Kier molecular flexibility index (Phi) is 7.74. The molecule has 2 fully saturated rings. The van der Waals surface area contributed by atoms with Crippen molar-refractivity contribution in [2.75, 3.05) is 18.5 Å². The van der Waals surface area contributed by atoms with E-state index in [9.17, 15) is 17.6 Å². The zero-order valence-electron chi connectivity index (χ0n) is 25.8. The summed E-state index contributed by atoms with van der Waals surface area (Å²) in [5.74, 6) is -0.270. The molecule has 2 saturated heterocycles. The number of amides is 1. The second kappa shape index (κ2) is 11.8. The molecule has 3 aliphatic heterocycles. The molecule has 4 aromatic rings. The van der Waals surface area contributed by atoms with Crippen LogP contribution in [-0.2, 0) is 14.6 Å². The highest BCUT2D eigenvalue weighted by molar-refractivity contribution is 7.91. The maximum absolute atomic E-state index is 14.0. The van der Waals surface area contributed by atoms with E-state index in [1.165, 1.54) is 16.6 Å². The number of carbonyl (C=O) groups is 1. The zero-order chi connectivity index (χ0) is 32.2. The number of anilines is 1. The fourth-order valence-electron chi connectivity index (χ4n) is 7.47. The van der Waals surface area contributed by atoms with Crippen LogP contribution in [0, 0.1) is 11.7 Å². The molecular weight excluding hydrogens is 607 g/mol. The van der Waals surface area contributed by atoms with Crippen molar-refractivity contribution in [3.05, 3.63) is 60.3 Å². The van der Waals surface area contributed by atoms with Gasteiger partial charge in [-0.3, -0.25) is 14.8 Å². The second-order valence-corrected chi connectivity index (χ2v) is 14.8. The molecule has 0 spiro atoms. The Balaban J connectivity index is 1.25. The quantitative estimate of drug-likeness (QED) is 0.328. The molecule has 6 heterocycles. The molecular formula is C33H37FN8O3S. The molecule has 0 radical (unpaired) electrons. The number of sulfone groups is 1. The number of rotatable bonds is 5. The molecule has 3 N–H and O–H groups in total. The average Bonchev–Trinajstić information content (AvgIpc) is 3.34. The highest BCUT2D eigenvalue weighted by Crippen LogP contribution is 2.44. The third kappa shape index (κ3) is 5.40. The van der Waals surface area contributed by atoms with Gasteiger partial charge in [0.25, 0.3) is 0 Å². The van der Waals surface area contributed by atoms with E-state index in [-0.39, 0.29) is 52.4 Å². The Bertz CT molecular complexity index is 1910. The summed E-state index contributed by atoms with van der Waals surface area (Å²) in [5.41, 5.74) is 10.3. The van der Waals surface area contributed by atoms with Gasteiger partial charge in [0.1, 0.15) is 22.6 Å². The molecule has 240 valence electrons. The topological polar surface area (TPSA) is 148 Å². The van der Waals surface area contributed by atoms with E-state index in [1.807, 2.05) is 12.1 Å². The van der Waals surface area contributed by atoms with Gasteiger partial charge in [-0.25, -0.2) is 17.8 Å². The number of halogens is 1. The van der Waals surface area contributed by atoms with E-state index in [1.54, 1.807) is 30.9 Å². The lowest BCUT2D eigenvalue weighted by molar-refractivity contribution is -0.144. The van der Waals surface area contributed by atoms with Crippen molar-refractivity contribution in [2.24, 2.45) is 10.9 Å². The summed E-state index contributed by atoms with van der Waals surface area (Å²) in [4.78, 5) is 29.9.